The molecule has 154 valence electrons. The van der Waals surface area contributed by atoms with Gasteiger partial charge < -0.3 is 4.42 Å². The van der Waals surface area contributed by atoms with Gasteiger partial charge in [-0.3, -0.25) is 9.69 Å². The molecule has 9 heteroatoms. The smallest absolute Gasteiger partial charge is 0.254 e. The molecule has 0 bridgehead atoms. The second-order valence-electron chi connectivity index (χ2n) is 6.68. The fraction of sp³-hybridized carbons (Fsp3) is 0.300. The molecule has 1 aliphatic heterocycles. The Labute approximate surface area is 170 Å². The lowest BCUT2D eigenvalue weighted by Crippen LogP contribution is -2.50. The predicted molar refractivity (Wildman–Crippen MR) is 111 cm³/mol. The van der Waals surface area contributed by atoms with Crippen molar-refractivity contribution in [3.63, 3.8) is 0 Å². The van der Waals surface area contributed by atoms with E-state index in [1.54, 1.807) is 48.7 Å². The molecule has 1 fully saturated rings. The Balaban J connectivity index is 1.43. The van der Waals surface area contributed by atoms with Gasteiger partial charge in [0.05, 0.1) is 17.7 Å². The zero-order valence-corrected chi connectivity index (χ0v) is 17.0. The zero-order chi connectivity index (χ0) is 20.7. The van der Waals surface area contributed by atoms with Gasteiger partial charge in [-0.05, 0) is 43.3 Å². The fourth-order valence-electron chi connectivity index (χ4n) is 2.90. The van der Waals surface area contributed by atoms with Crippen LogP contribution in [-0.4, -0.2) is 62.5 Å². The number of carbonyl (C=O) groups excluding carboxylic acids is 1. The Kier molecular flexibility index (Phi) is 6.97. The second kappa shape index (κ2) is 9.64. The minimum absolute atomic E-state index is 0.164. The van der Waals surface area contributed by atoms with E-state index in [1.807, 2.05) is 17.9 Å². The van der Waals surface area contributed by atoms with Crippen molar-refractivity contribution in [3.8, 4) is 0 Å². The van der Waals surface area contributed by atoms with Crippen LogP contribution in [0.1, 0.15) is 11.3 Å². The summed E-state index contributed by atoms with van der Waals surface area (Å²) in [5, 5.41) is 3.85. The number of nitrogens with one attached hydrogen (secondary N) is 1. The molecule has 1 aliphatic rings. The van der Waals surface area contributed by atoms with Gasteiger partial charge in [-0.1, -0.05) is 17.7 Å². The first-order valence-electron chi connectivity index (χ1n) is 9.26. The Morgan fingerprint density at radius 2 is 1.90 bits per heavy atom. The summed E-state index contributed by atoms with van der Waals surface area (Å²) in [6.45, 7) is 3.75. The minimum atomic E-state index is -3.50. The summed E-state index contributed by atoms with van der Waals surface area (Å²) >= 11 is 0. The summed E-state index contributed by atoms with van der Waals surface area (Å²) in [6, 6.07) is 10.4. The average Bonchev–Trinajstić information content (AvgIpc) is 3.22. The molecule has 0 unspecified atom stereocenters. The summed E-state index contributed by atoms with van der Waals surface area (Å²) in [5.74, 6) is 0.448. The minimum Gasteiger partial charge on any atom is -0.465 e. The van der Waals surface area contributed by atoms with Crippen LogP contribution in [0.25, 0.3) is 6.08 Å². The molecule has 8 nitrogen and oxygen atoms in total. The monoisotopic (exact) mass is 416 g/mol. The third-order valence-corrected chi connectivity index (χ3v) is 6.42. The standard InChI is InChI=1S/C20H24N4O4S/c1-17-6-8-19(9-7-17)29(26,27)24-13-11-23(12-14-24)16-20(25)22-21-10-2-4-18-5-3-15-28-18/h2-10,15H,11-14,16H2,1H3,(H,22,25)/b4-2-,21-10+. The maximum absolute atomic E-state index is 12.7. The molecule has 2 heterocycles. The lowest BCUT2D eigenvalue weighted by atomic mass is 10.2. The van der Waals surface area contributed by atoms with Gasteiger partial charge in [0.1, 0.15) is 5.76 Å². The molecule has 0 saturated carbocycles. The molecule has 1 amide bonds. The molecule has 1 saturated heterocycles. The number of furan rings is 1. The summed E-state index contributed by atoms with van der Waals surface area (Å²) in [6.07, 6.45) is 6.42. The summed E-state index contributed by atoms with van der Waals surface area (Å²) in [5.41, 5.74) is 3.47. The SMILES string of the molecule is Cc1ccc(S(=O)(=O)N2CCN(CC(=O)N/N=C/C=C\c3ccco3)CC2)cc1. The number of aryl methyl sites for hydroxylation is 1. The van der Waals surface area contributed by atoms with Crippen LogP contribution >= 0.6 is 0 Å². The lowest BCUT2D eigenvalue weighted by Gasteiger charge is -2.33. The molecule has 0 aliphatic carbocycles. The molecule has 2 aromatic rings. The van der Waals surface area contributed by atoms with E-state index >= 15 is 0 Å². The van der Waals surface area contributed by atoms with Crippen molar-refractivity contribution < 1.29 is 17.6 Å². The number of sulfonamides is 1. The van der Waals surface area contributed by atoms with Gasteiger partial charge in [0, 0.05) is 32.4 Å². The van der Waals surface area contributed by atoms with Gasteiger partial charge in [-0.2, -0.15) is 9.41 Å². The Hall–Kier alpha value is -2.75. The third kappa shape index (κ3) is 5.86. The van der Waals surface area contributed by atoms with Crippen LogP contribution in [0.4, 0.5) is 0 Å². The van der Waals surface area contributed by atoms with Crippen LogP contribution in [-0.2, 0) is 14.8 Å². The Bertz CT molecular complexity index is 958. The van der Waals surface area contributed by atoms with Crippen molar-refractivity contribution in [2.24, 2.45) is 5.10 Å². The van der Waals surface area contributed by atoms with E-state index in [2.05, 4.69) is 10.5 Å². The number of rotatable bonds is 7. The maximum atomic E-state index is 12.7. The molecular formula is C20H24N4O4S. The van der Waals surface area contributed by atoms with E-state index in [4.69, 9.17) is 4.42 Å². The van der Waals surface area contributed by atoms with E-state index in [0.717, 1.165) is 5.56 Å². The largest absolute Gasteiger partial charge is 0.465 e. The summed E-state index contributed by atoms with van der Waals surface area (Å²) in [7, 11) is -3.50. The summed E-state index contributed by atoms with van der Waals surface area (Å²) < 4.78 is 32.0. The van der Waals surface area contributed by atoms with Gasteiger partial charge in [0.25, 0.3) is 5.91 Å². The molecule has 0 spiro atoms. The molecule has 0 radical (unpaired) electrons. The summed E-state index contributed by atoms with van der Waals surface area (Å²) in [4.78, 5) is 14.2. The third-order valence-electron chi connectivity index (χ3n) is 4.51. The predicted octanol–water partition coefficient (Wildman–Crippen LogP) is 1.71. The first-order valence-corrected chi connectivity index (χ1v) is 10.7. The topological polar surface area (TPSA) is 95.2 Å². The van der Waals surface area contributed by atoms with Gasteiger partial charge in [0.2, 0.25) is 10.0 Å². The first-order chi connectivity index (χ1) is 13.9. The number of benzene rings is 1. The van der Waals surface area contributed by atoms with Crippen molar-refractivity contribution in [3.05, 3.63) is 60.1 Å². The van der Waals surface area contributed by atoms with Crippen molar-refractivity contribution >= 4 is 28.2 Å². The highest BCUT2D eigenvalue weighted by Gasteiger charge is 2.28. The number of allylic oxidation sites excluding steroid dienone is 1. The van der Waals surface area contributed by atoms with Gasteiger partial charge in [-0.15, -0.1) is 0 Å². The highest BCUT2D eigenvalue weighted by atomic mass is 32.2. The van der Waals surface area contributed by atoms with Crippen molar-refractivity contribution in [1.82, 2.24) is 14.6 Å². The molecule has 29 heavy (non-hydrogen) atoms. The van der Waals surface area contributed by atoms with Crippen molar-refractivity contribution in [2.45, 2.75) is 11.8 Å². The Morgan fingerprint density at radius 3 is 2.55 bits per heavy atom. The van der Waals surface area contributed by atoms with Gasteiger partial charge >= 0.3 is 0 Å². The van der Waals surface area contributed by atoms with Crippen molar-refractivity contribution in [2.75, 3.05) is 32.7 Å². The van der Waals surface area contributed by atoms with Crippen LogP contribution in [0.5, 0.6) is 0 Å². The number of hydrogen-bond donors (Lipinski definition) is 1. The normalized spacial score (nSPS) is 16.6. The fourth-order valence-corrected chi connectivity index (χ4v) is 4.32. The van der Waals surface area contributed by atoms with E-state index in [-0.39, 0.29) is 12.5 Å². The van der Waals surface area contributed by atoms with Crippen LogP contribution in [0, 0.1) is 6.92 Å². The Morgan fingerprint density at radius 1 is 1.17 bits per heavy atom. The van der Waals surface area contributed by atoms with E-state index in [9.17, 15) is 13.2 Å². The van der Waals surface area contributed by atoms with Gasteiger partial charge in [-0.25, -0.2) is 13.8 Å². The average molecular weight is 417 g/mol. The van der Waals surface area contributed by atoms with E-state index in [0.29, 0.717) is 36.8 Å². The number of piperazine rings is 1. The van der Waals surface area contributed by atoms with Crippen molar-refractivity contribution in [1.29, 1.82) is 0 Å². The highest BCUT2D eigenvalue weighted by Crippen LogP contribution is 2.18. The van der Waals surface area contributed by atoms with Crippen LogP contribution < -0.4 is 5.43 Å². The number of hydrazone groups is 1. The molecule has 1 N–H and O–H groups in total. The molecule has 1 aromatic heterocycles. The highest BCUT2D eigenvalue weighted by molar-refractivity contribution is 7.89. The molecule has 3 rings (SSSR count). The maximum Gasteiger partial charge on any atom is 0.254 e. The van der Waals surface area contributed by atoms with Crippen LogP contribution in [0.2, 0.25) is 0 Å². The molecule has 1 aromatic carbocycles. The molecule has 0 atom stereocenters. The zero-order valence-electron chi connectivity index (χ0n) is 16.2. The quantitative estimate of drug-likeness (QED) is 0.548. The van der Waals surface area contributed by atoms with Gasteiger partial charge in [0.15, 0.2) is 0 Å². The van der Waals surface area contributed by atoms with E-state index in [1.165, 1.54) is 10.5 Å². The lowest BCUT2D eigenvalue weighted by molar-refractivity contribution is -0.122. The number of hydrogen-bond acceptors (Lipinski definition) is 6. The number of nitrogens with zero attached hydrogens (tertiary/aromatic N) is 3. The second-order valence-corrected chi connectivity index (χ2v) is 8.62. The van der Waals surface area contributed by atoms with Crippen LogP contribution in [0.15, 0.2) is 63.2 Å². The molecular weight excluding hydrogens is 392 g/mol. The number of carbonyl (C=O) groups is 1. The number of amides is 1. The van der Waals surface area contributed by atoms with E-state index < -0.39 is 10.0 Å². The van der Waals surface area contributed by atoms with Crippen LogP contribution in [0.3, 0.4) is 0 Å². The first kappa shape index (κ1) is 21.0.